The van der Waals surface area contributed by atoms with Crippen LogP contribution in [0, 0.1) is 0 Å². The highest BCUT2D eigenvalue weighted by Crippen LogP contribution is 2.33. The summed E-state index contributed by atoms with van der Waals surface area (Å²) in [6.07, 6.45) is 3.79. The molecule has 3 saturated heterocycles. The van der Waals surface area contributed by atoms with Crippen molar-refractivity contribution >= 4 is 45.1 Å². The van der Waals surface area contributed by atoms with E-state index < -0.39 is 49.2 Å². The molecular formula is C30H36N16O10. The Kier molecular flexibility index (Phi) is 11.3. The molecule has 56 heavy (non-hydrogen) atoms. The van der Waals surface area contributed by atoms with Crippen molar-refractivity contribution in [1.29, 1.82) is 0 Å². The highest BCUT2D eigenvalue weighted by atomic mass is 16.6. The number of nitrogens with one attached hydrogen (secondary N) is 1. The molecule has 6 aromatic heterocycles. The maximum Gasteiger partial charge on any atom is 0.278 e. The average Bonchev–Trinajstić information content (AvgIpc) is 4.06. The molecule has 9 heterocycles. The van der Waals surface area contributed by atoms with E-state index in [4.69, 9.17) is 40.8 Å². The number of nitrogen functional groups attached to an aromatic ring is 1. The molecule has 26 heteroatoms. The highest BCUT2D eigenvalue weighted by molar-refractivity contribution is 5.81. The normalized spacial score (nSPS) is 27.2. The number of ether oxygens (including phenoxy) is 3. The van der Waals surface area contributed by atoms with Gasteiger partial charge in [-0.25, -0.2) is 39.9 Å². The molecule has 3 fully saturated rings. The van der Waals surface area contributed by atoms with Crippen molar-refractivity contribution in [1.82, 2.24) is 58.6 Å². The van der Waals surface area contributed by atoms with E-state index in [1.165, 1.54) is 47.1 Å². The van der Waals surface area contributed by atoms with Crippen LogP contribution in [0.5, 0.6) is 0 Å². The SMILES string of the molecule is Nc1ncnc2c1ncn2C1OC(CO)CC1O.O=c1[nH]cnc2c1ncn2C1OC(CO)CC1O.[N-]=[N+]=Nc1ncnc2c1ncn2C1OC(CO)CC1O. The fourth-order valence-electron chi connectivity index (χ4n) is 6.54. The monoisotopic (exact) mass is 780 g/mol. The average molecular weight is 781 g/mol. The maximum absolute atomic E-state index is 11.5. The first-order valence-electron chi connectivity index (χ1n) is 17.0. The third-order valence-electron chi connectivity index (χ3n) is 9.16. The number of hydrogen-bond donors (Lipinski definition) is 8. The van der Waals surface area contributed by atoms with E-state index in [1.807, 2.05) is 0 Å². The number of aliphatic hydroxyl groups excluding tert-OH is 6. The number of rotatable bonds is 7. The summed E-state index contributed by atoms with van der Waals surface area (Å²) in [5.41, 5.74) is 16.1. The minimum absolute atomic E-state index is 0.113. The Bertz CT molecular complexity index is 2400. The van der Waals surface area contributed by atoms with Gasteiger partial charge in [0.2, 0.25) is 0 Å². The van der Waals surface area contributed by atoms with E-state index in [0.29, 0.717) is 47.2 Å². The summed E-state index contributed by atoms with van der Waals surface area (Å²) < 4.78 is 21.2. The Morgan fingerprint density at radius 1 is 0.696 bits per heavy atom. The number of anilines is 1. The standard InChI is InChI=1S/C10H11N7O3.C10H13N5O3.C10H12N4O4/c11-16-15-8-7-9(13-3-12-8)17(4-14-7)10-6(19)1-5(2-18)20-10;11-8-7-9(13-3-12-8)15(4-14-7)10-6(17)1-5(2-16)18-10;15-2-5-1-6(16)10(18-5)14-4-13-7-8(14)11-3-12-9(7)17/h3-6,10,18-19H,1-2H2;3-6,10,16-17H,1-2H2,(H2,11,12,13);3-6,10,15-16H,1-2H2,(H,11,12,17). The molecule has 9 atom stereocenters. The van der Waals surface area contributed by atoms with Crippen molar-refractivity contribution in [2.24, 2.45) is 5.11 Å². The molecule has 26 nitrogen and oxygen atoms in total. The Morgan fingerprint density at radius 3 is 1.62 bits per heavy atom. The first-order chi connectivity index (χ1) is 27.1. The second-order valence-electron chi connectivity index (χ2n) is 12.8. The van der Waals surface area contributed by atoms with Gasteiger partial charge >= 0.3 is 0 Å². The molecule has 3 aliphatic rings. The molecule has 0 saturated carbocycles. The number of imidazole rings is 3. The number of aliphatic hydroxyl groups is 6. The molecule has 9 unspecified atom stereocenters. The van der Waals surface area contributed by atoms with Gasteiger partial charge in [-0.1, -0.05) is 0 Å². The van der Waals surface area contributed by atoms with Crippen LogP contribution in [-0.4, -0.2) is 146 Å². The molecule has 6 aromatic rings. The predicted octanol–water partition coefficient (Wildman–Crippen LogP) is -1.78. The number of nitrogens with zero attached hydrogens (tertiary/aromatic N) is 14. The van der Waals surface area contributed by atoms with E-state index >= 15 is 0 Å². The van der Waals surface area contributed by atoms with Gasteiger partial charge in [-0.05, 0) is 10.6 Å². The van der Waals surface area contributed by atoms with E-state index in [0.717, 1.165) is 0 Å². The fraction of sp³-hybridized carbons (Fsp3) is 0.500. The number of aromatic amines is 1. The summed E-state index contributed by atoms with van der Waals surface area (Å²) in [6.45, 7) is -0.454. The van der Waals surface area contributed by atoms with Gasteiger partial charge in [0.1, 0.15) is 42.0 Å². The van der Waals surface area contributed by atoms with Crippen LogP contribution < -0.4 is 11.3 Å². The molecule has 0 amide bonds. The first-order valence-corrected chi connectivity index (χ1v) is 17.0. The second-order valence-corrected chi connectivity index (χ2v) is 12.8. The van der Waals surface area contributed by atoms with Crippen molar-refractivity contribution in [3.8, 4) is 0 Å². The minimum Gasteiger partial charge on any atom is -0.394 e. The van der Waals surface area contributed by atoms with Crippen molar-refractivity contribution in [2.75, 3.05) is 25.6 Å². The maximum atomic E-state index is 11.5. The van der Waals surface area contributed by atoms with Crippen LogP contribution in [0.25, 0.3) is 43.9 Å². The zero-order chi connectivity index (χ0) is 39.5. The van der Waals surface area contributed by atoms with Gasteiger partial charge in [0, 0.05) is 24.2 Å². The zero-order valence-corrected chi connectivity index (χ0v) is 29.1. The number of hydrogen-bond acceptors (Lipinski definition) is 20. The Morgan fingerprint density at radius 2 is 1.14 bits per heavy atom. The quantitative estimate of drug-likeness (QED) is 0.0504. The summed E-state index contributed by atoms with van der Waals surface area (Å²) in [4.78, 5) is 48.6. The Labute approximate surface area is 312 Å². The molecule has 0 radical (unpaired) electrons. The third kappa shape index (κ3) is 7.43. The van der Waals surface area contributed by atoms with Gasteiger partial charge in [-0.15, -0.1) is 0 Å². The molecule has 9 N–H and O–H groups in total. The van der Waals surface area contributed by atoms with Gasteiger partial charge in [0.15, 0.2) is 52.8 Å². The van der Waals surface area contributed by atoms with Crippen molar-refractivity contribution in [3.63, 3.8) is 0 Å². The summed E-state index contributed by atoms with van der Waals surface area (Å²) in [6, 6.07) is 0. The van der Waals surface area contributed by atoms with Crippen LogP contribution in [0.4, 0.5) is 11.6 Å². The van der Waals surface area contributed by atoms with Crippen molar-refractivity contribution in [3.05, 3.63) is 58.8 Å². The summed E-state index contributed by atoms with van der Waals surface area (Å²) >= 11 is 0. The van der Waals surface area contributed by atoms with E-state index in [2.05, 4.69) is 54.9 Å². The van der Waals surface area contributed by atoms with Gasteiger partial charge in [-0.3, -0.25) is 18.5 Å². The van der Waals surface area contributed by atoms with Gasteiger partial charge in [-0.2, -0.15) is 0 Å². The van der Waals surface area contributed by atoms with E-state index in [-0.39, 0.29) is 48.6 Å². The molecule has 3 aliphatic heterocycles. The summed E-state index contributed by atoms with van der Waals surface area (Å²) in [7, 11) is 0. The Balaban J connectivity index is 0.000000129. The van der Waals surface area contributed by atoms with Crippen LogP contribution >= 0.6 is 0 Å². The van der Waals surface area contributed by atoms with E-state index in [9.17, 15) is 20.1 Å². The minimum atomic E-state index is -0.776. The highest BCUT2D eigenvalue weighted by Gasteiger charge is 2.38. The second kappa shape index (κ2) is 16.5. The number of nitrogens with two attached hydrogens (primary N) is 1. The van der Waals surface area contributed by atoms with Crippen molar-refractivity contribution < 1.29 is 44.8 Å². The number of aromatic nitrogens is 12. The smallest absolute Gasteiger partial charge is 0.278 e. The van der Waals surface area contributed by atoms with E-state index in [1.54, 1.807) is 4.57 Å². The first kappa shape index (κ1) is 38.5. The molecule has 9 rings (SSSR count). The Hall–Kier alpha value is -5.80. The predicted molar refractivity (Wildman–Crippen MR) is 187 cm³/mol. The third-order valence-corrected chi connectivity index (χ3v) is 9.16. The zero-order valence-electron chi connectivity index (χ0n) is 29.1. The van der Waals surface area contributed by atoms with Crippen LogP contribution in [0.3, 0.4) is 0 Å². The van der Waals surface area contributed by atoms with Crippen molar-refractivity contribution in [2.45, 2.75) is 74.6 Å². The lowest BCUT2D eigenvalue weighted by atomic mass is 10.2. The topological polar surface area (TPSA) is 375 Å². The summed E-state index contributed by atoms with van der Waals surface area (Å²) in [5, 5.41) is 60.4. The molecule has 0 spiro atoms. The van der Waals surface area contributed by atoms with Crippen LogP contribution in [-0.2, 0) is 14.2 Å². The lowest BCUT2D eigenvalue weighted by Gasteiger charge is -2.16. The largest absolute Gasteiger partial charge is 0.394 e. The molecular weight excluding hydrogens is 744 g/mol. The molecule has 0 bridgehead atoms. The lowest BCUT2D eigenvalue weighted by molar-refractivity contribution is -0.0486. The molecule has 0 aromatic carbocycles. The summed E-state index contributed by atoms with van der Waals surface area (Å²) in [5.74, 6) is 0.396. The number of fused-ring (bicyclic) bond motifs is 3. The molecule has 296 valence electrons. The van der Waals surface area contributed by atoms with Gasteiger partial charge < -0.3 is 55.6 Å². The van der Waals surface area contributed by atoms with Crippen LogP contribution in [0.15, 0.2) is 47.9 Å². The fourth-order valence-corrected chi connectivity index (χ4v) is 6.54. The number of H-pyrrole nitrogens is 1. The van der Waals surface area contributed by atoms with Crippen LogP contribution in [0.1, 0.15) is 37.9 Å². The van der Waals surface area contributed by atoms with Gasteiger partial charge in [0.05, 0.1) is 63.4 Å². The molecule has 0 aliphatic carbocycles. The van der Waals surface area contributed by atoms with Gasteiger partial charge in [0.25, 0.3) is 5.56 Å². The lowest BCUT2D eigenvalue weighted by Crippen LogP contribution is -2.19. The van der Waals surface area contributed by atoms with Crippen LogP contribution in [0.2, 0.25) is 0 Å². The number of azide groups is 1.